The van der Waals surface area contributed by atoms with E-state index in [1.807, 2.05) is 0 Å². The molecule has 0 aromatic heterocycles. The van der Waals surface area contributed by atoms with Gasteiger partial charge in [-0.25, -0.2) is 0 Å². The highest BCUT2D eigenvalue weighted by molar-refractivity contribution is 4.63. The SMILES string of the molecule is CCCCCCCCCCCCCCCCCC(N)N(CC)CC. The summed E-state index contributed by atoms with van der Waals surface area (Å²) in [4.78, 5) is 2.36. The maximum absolute atomic E-state index is 6.22. The van der Waals surface area contributed by atoms with E-state index in [0.717, 1.165) is 13.1 Å². The zero-order valence-corrected chi connectivity index (χ0v) is 17.3. The molecule has 0 saturated carbocycles. The van der Waals surface area contributed by atoms with E-state index in [2.05, 4.69) is 25.7 Å². The molecule has 146 valence electrons. The summed E-state index contributed by atoms with van der Waals surface area (Å²) >= 11 is 0. The van der Waals surface area contributed by atoms with Crippen LogP contribution in [0.3, 0.4) is 0 Å². The molecule has 0 aromatic rings. The minimum absolute atomic E-state index is 0.280. The zero-order chi connectivity index (χ0) is 17.9. The van der Waals surface area contributed by atoms with Gasteiger partial charge in [0.2, 0.25) is 0 Å². The Balaban J connectivity index is 3.15. The highest BCUT2D eigenvalue weighted by Crippen LogP contribution is 2.14. The van der Waals surface area contributed by atoms with Crippen LogP contribution < -0.4 is 5.73 Å². The van der Waals surface area contributed by atoms with Crippen LogP contribution in [-0.4, -0.2) is 24.2 Å². The van der Waals surface area contributed by atoms with Crippen molar-refractivity contribution in [3.8, 4) is 0 Å². The van der Waals surface area contributed by atoms with Crippen LogP contribution in [0.25, 0.3) is 0 Å². The topological polar surface area (TPSA) is 29.3 Å². The molecule has 2 nitrogen and oxygen atoms in total. The van der Waals surface area contributed by atoms with Crippen molar-refractivity contribution >= 4 is 0 Å². The molecule has 0 amide bonds. The smallest absolute Gasteiger partial charge is 0.0571 e. The van der Waals surface area contributed by atoms with Gasteiger partial charge in [0.15, 0.2) is 0 Å². The van der Waals surface area contributed by atoms with Gasteiger partial charge in [0.05, 0.1) is 6.17 Å². The molecule has 1 unspecified atom stereocenters. The van der Waals surface area contributed by atoms with Crippen LogP contribution in [0.4, 0.5) is 0 Å². The van der Waals surface area contributed by atoms with Crippen molar-refractivity contribution < 1.29 is 0 Å². The molecule has 0 heterocycles. The van der Waals surface area contributed by atoms with Crippen molar-refractivity contribution in [3.05, 3.63) is 0 Å². The first-order chi connectivity index (χ1) is 11.8. The second-order valence-corrected chi connectivity index (χ2v) is 7.53. The summed E-state index contributed by atoms with van der Waals surface area (Å²) in [5.74, 6) is 0. The maximum atomic E-state index is 6.22. The van der Waals surface area contributed by atoms with Crippen LogP contribution in [-0.2, 0) is 0 Å². The quantitative estimate of drug-likeness (QED) is 0.205. The number of nitrogens with zero attached hydrogens (tertiary/aromatic N) is 1. The Bertz CT molecular complexity index is 226. The van der Waals surface area contributed by atoms with Gasteiger partial charge in [0.1, 0.15) is 0 Å². The average Bonchev–Trinajstić information content (AvgIpc) is 2.59. The van der Waals surface area contributed by atoms with E-state index in [1.54, 1.807) is 0 Å². The van der Waals surface area contributed by atoms with Crippen LogP contribution in [0.5, 0.6) is 0 Å². The number of unbranched alkanes of at least 4 members (excludes halogenated alkanes) is 14. The minimum atomic E-state index is 0.280. The Morgan fingerprint density at radius 2 is 0.875 bits per heavy atom. The molecule has 0 spiro atoms. The summed E-state index contributed by atoms with van der Waals surface area (Å²) < 4.78 is 0. The number of hydrogen-bond donors (Lipinski definition) is 1. The predicted octanol–water partition coefficient (Wildman–Crippen LogP) is 6.87. The second-order valence-electron chi connectivity index (χ2n) is 7.53. The van der Waals surface area contributed by atoms with Gasteiger partial charge in [-0.2, -0.15) is 0 Å². The Morgan fingerprint density at radius 3 is 1.21 bits per heavy atom. The van der Waals surface area contributed by atoms with Crippen molar-refractivity contribution in [2.75, 3.05) is 13.1 Å². The van der Waals surface area contributed by atoms with Gasteiger partial charge < -0.3 is 5.73 Å². The van der Waals surface area contributed by atoms with Gasteiger partial charge in [-0.3, -0.25) is 4.90 Å². The molecule has 0 rings (SSSR count). The van der Waals surface area contributed by atoms with Crippen LogP contribution in [0, 0.1) is 0 Å². The fraction of sp³-hybridized carbons (Fsp3) is 1.00. The van der Waals surface area contributed by atoms with Crippen molar-refractivity contribution in [2.45, 2.75) is 130 Å². The summed E-state index contributed by atoms with van der Waals surface area (Å²) in [5.41, 5.74) is 6.22. The molecule has 0 bridgehead atoms. The van der Waals surface area contributed by atoms with Gasteiger partial charge in [0, 0.05) is 0 Å². The van der Waals surface area contributed by atoms with Gasteiger partial charge in [-0.1, -0.05) is 117 Å². The molecule has 2 N–H and O–H groups in total. The summed E-state index contributed by atoms with van der Waals surface area (Å²) in [6.07, 6.45) is 22.9. The highest BCUT2D eigenvalue weighted by Gasteiger charge is 2.09. The fourth-order valence-electron chi connectivity index (χ4n) is 3.60. The third-order valence-corrected chi connectivity index (χ3v) is 5.38. The standard InChI is InChI=1S/C22H48N2/c1-4-7-8-9-10-11-12-13-14-15-16-17-18-19-20-21-22(23)24(5-2)6-3/h22H,4-21,23H2,1-3H3. The first kappa shape index (κ1) is 23.9. The summed E-state index contributed by atoms with van der Waals surface area (Å²) in [6.45, 7) is 8.86. The molecule has 0 aromatic carbocycles. The number of hydrogen-bond acceptors (Lipinski definition) is 2. The lowest BCUT2D eigenvalue weighted by Crippen LogP contribution is -2.41. The lowest BCUT2D eigenvalue weighted by Gasteiger charge is -2.25. The first-order valence-electron chi connectivity index (χ1n) is 11.3. The molecule has 0 fully saturated rings. The molecule has 2 heteroatoms. The minimum Gasteiger partial charge on any atom is -0.316 e. The van der Waals surface area contributed by atoms with E-state index in [1.165, 1.54) is 103 Å². The van der Waals surface area contributed by atoms with Crippen LogP contribution in [0.2, 0.25) is 0 Å². The lowest BCUT2D eigenvalue weighted by atomic mass is 10.0. The van der Waals surface area contributed by atoms with E-state index < -0.39 is 0 Å². The van der Waals surface area contributed by atoms with Crippen LogP contribution in [0.1, 0.15) is 124 Å². The van der Waals surface area contributed by atoms with E-state index in [9.17, 15) is 0 Å². The second kappa shape index (κ2) is 19.2. The van der Waals surface area contributed by atoms with Gasteiger partial charge in [-0.05, 0) is 19.5 Å². The van der Waals surface area contributed by atoms with Crippen molar-refractivity contribution in [1.29, 1.82) is 0 Å². The lowest BCUT2D eigenvalue weighted by molar-refractivity contribution is 0.207. The van der Waals surface area contributed by atoms with Gasteiger partial charge in [-0.15, -0.1) is 0 Å². The highest BCUT2D eigenvalue weighted by atomic mass is 15.2. The molecule has 0 aliphatic heterocycles. The Hall–Kier alpha value is -0.0800. The third kappa shape index (κ3) is 15.4. The zero-order valence-electron chi connectivity index (χ0n) is 17.3. The molecule has 0 radical (unpaired) electrons. The van der Waals surface area contributed by atoms with Crippen molar-refractivity contribution in [2.24, 2.45) is 5.73 Å². The number of nitrogens with two attached hydrogens (primary N) is 1. The molecule has 0 aliphatic rings. The Labute approximate surface area is 154 Å². The monoisotopic (exact) mass is 340 g/mol. The maximum Gasteiger partial charge on any atom is 0.0571 e. The van der Waals surface area contributed by atoms with E-state index in [-0.39, 0.29) is 6.17 Å². The molecular formula is C22H48N2. The van der Waals surface area contributed by atoms with Crippen molar-refractivity contribution in [3.63, 3.8) is 0 Å². The summed E-state index contributed by atoms with van der Waals surface area (Å²) in [6, 6.07) is 0. The molecule has 24 heavy (non-hydrogen) atoms. The normalized spacial score (nSPS) is 12.9. The molecule has 1 atom stereocenters. The predicted molar refractivity (Wildman–Crippen MR) is 110 cm³/mol. The van der Waals surface area contributed by atoms with Gasteiger partial charge >= 0.3 is 0 Å². The third-order valence-electron chi connectivity index (χ3n) is 5.38. The van der Waals surface area contributed by atoms with Crippen molar-refractivity contribution in [1.82, 2.24) is 4.90 Å². The Kier molecular flexibility index (Phi) is 19.2. The Morgan fingerprint density at radius 1 is 0.542 bits per heavy atom. The van der Waals surface area contributed by atoms with Gasteiger partial charge in [0.25, 0.3) is 0 Å². The first-order valence-corrected chi connectivity index (χ1v) is 11.3. The molecule has 0 saturated heterocycles. The van der Waals surface area contributed by atoms with E-state index in [0.29, 0.717) is 0 Å². The van der Waals surface area contributed by atoms with Crippen LogP contribution >= 0.6 is 0 Å². The van der Waals surface area contributed by atoms with E-state index >= 15 is 0 Å². The summed E-state index contributed by atoms with van der Waals surface area (Å²) in [5, 5.41) is 0. The fourth-order valence-corrected chi connectivity index (χ4v) is 3.60. The molecular weight excluding hydrogens is 292 g/mol. The molecule has 0 aliphatic carbocycles. The summed E-state index contributed by atoms with van der Waals surface area (Å²) in [7, 11) is 0. The van der Waals surface area contributed by atoms with Crippen LogP contribution in [0.15, 0.2) is 0 Å². The van der Waals surface area contributed by atoms with E-state index in [4.69, 9.17) is 5.73 Å². The average molecular weight is 341 g/mol. The number of rotatable bonds is 19. The largest absolute Gasteiger partial charge is 0.316 e.